The van der Waals surface area contributed by atoms with E-state index in [1.165, 1.54) is 0 Å². The van der Waals surface area contributed by atoms with Crippen LogP contribution in [0.2, 0.25) is 0 Å². The molecule has 2 rings (SSSR count). The van der Waals surface area contributed by atoms with Crippen LogP contribution in [0.25, 0.3) is 0 Å². The molecule has 2 N–H and O–H groups in total. The van der Waals surface area contributed by atoms with E-state index in [-0.39, 0.29) is 30.3 Å². The third-order valence-electron chi connectivity index (χ3n) is 4.10. The number of nitriles is 1. The van der Waals surface area contributed by atoms with Crippen LogP contribution >= 0.6 is 0 Å². The lowest BCUT2D eigenvalue weighted by molar-refractivity contribution is -0.132. The summed E-state index contributed by atoms with van der Waals surface area (Å²) in [5, 5.41) is 14.9. The van der Waals surface area contributed by atoms with Gasteiger partial charge >= 0.3 is 0 Å². The van der Waals surface area contributed by atoms with Crippen molar-refractivity contribution in [3.63, 3.8) is 0 Å². The second kappa shape index (κ2) is 8.34. The molecule has 0 saturated carbocycles. The Morgan fingerprint density at radius 1 is 1.33 bits per heavy atom. The largest absolute Gasteiger partial charge is 0.376 e. The highest BCUT2D eigenvalue weighted by atomic mass is 16.2. The van der Waals surface area contributed by atoms with E-state index < -0.39 is 0 Å². The van der Waals surface area contributed by atoms with Crippen LogP contribution in [-0.2, 0) is 9.59 Å². The Morgan fingerprint density at radius 2 is 2.04 bits per heavy atom. The lowest BCUT2D eigenvalue weighted by atomic mass is 10.0. The molecule has 1 heterocycles. The van der Waals surface area contributed by atoms with Crippen LogP contribution in [0.3, 0.4) is 0 Å². The van der Waals surface area contributed by atoms with Crippen molar-refractivity contribution in [2.24, 2.45) is 5.92 Å². The van der Waals surface area contributed by atoms with Crippen molar-refractivity contribution in [1.82, 2.24) is 10.2 Å². The number of likely N-dealkylation sites (tertiary alicyclic amines) is 1. The Morgan fingerprint density at radius 3 is 2.67 bits per heavy atom. The molecular weight excluding hydrogens is 304 g/mol. The minimum absolute atomic E-state index is 0.0165. The number of anilines is 1. The normalized spacial score (nSPS) is 17.2. The molecule has 6 nitrogen and oxygen atoms in total. The summed E-state index contributed by atoms with van der Waals surface area (Å²) in [5.41, 5.74) is 1.40. The average Bonchev–Trinajstić information content (AvgIpc) is 2.60. The Hall–Kier alpha value is -2.55. The molecule has 0 aliphatic carbocycles. The van der Waals surface area contributed by atoms with Crippen molar-refractivity contribution in [2.75, 3.05) is 25.0 Å². The Kier molecular flexibility index (Phi) is 6.19. The Bertz CT molecular complexity index is 619. The fraction of sp³-hybridized carbons (Fsp3) is 0.500. The maximum atomic E-state index is 12.4. The summed E-state index contributed by atoms with van der Waals surface area (Å²) in [5.74, 6) is 0.00184. The summed E-state index contributed by atoms with van der Waals surface area (Å²) in [6, 6.07) is 9.09. The molecule has 1 aromatic rings. The van der Waals surface area contributed by atoms with E-state index in [0.29, 0.717) is 12.1 Å². The second-order valence-corrected chi connectivity index (χ2v) is 6.38. The number of carbonyl (C=O) groups is 2. The smallest absolute Gasteiger partial charge is 0.241 e. The van der Waals surface area contributed by atoms with Gasteiger partial charge in [-0.2, -0.15) is 5.26 Å². The second-order valence-electron chi connectivity index (χ2n) is 6.38. The van der Waals surface area contributed by atoms with E-state index in [0.717, 1.165) is 25.1 Å². The molecule has 0 aromatic heterocycles. The van der Waals surface area contributed by atoms with Gasteiger partial charge in [-0.3, -0.25) is 9.59 Å². The molecule has 0 bridgehead atoms. The van der Waals surface area contributed by atoms with Crippen molar-refractivity contribution in [3.05, 3.63) is 29.8 Å². The monoisotopic (exact) mass is 328 g/mol. The predicted octanol–water partition coefficient (Wildman–Crippen LogP) is 1.73. The average molecular weight is 328 g/mol. The number of nitrogens with one attached hydrogen (secondary N) is 2. The van der Waals surface area contributed by atoms with E-state index in [4.69, 9.17) is 5.26 Å². The third kappa shape index (κ3) is 4.98. The fourth-order valence-electron chi connectivity index (χ4n) is 2.64. The number of amides is 2. The minimum atomic E-state index is -0.0471. The Labute approximate surface area is 142 Å². The summed E-state index contributed by atoms with van der Waals surface area (Å²) in [6.45, 7) is 5.22. The van der Waals surface area contributed by atoms with Crippen LogP contribution in [0.4, 0.5) is 5.69 Å². The van der Waals surface area contributed by atoms with Gasteiger partial charge in [-0.15, -0.1) is 0 Å². The highest BCUT2D eigenvalue weighted by Gasteiger charge is 2.25. The molecule has 0 unspecified atom stereocenters. The zero-order chi connectivity index (χ0) is 17.5. The SMILES string of the molecule is CC(C)C(=O)N[C@@H]1CCCN(C(=O)CNc2ccc(C#N)cc2)C1. The molecule has 24 heavy (non-hydrogen) atoms. The number of nitrogens with zero attached hydrogens (tertiary/aromatic N) is 2. The molecule has 1 atom stereocenters. The van der Waals surface area contributed by atoms with Crippen LogP contribution < -0.4 is 10.6 Å². The molecule has 1 saturated heterocycles. The van der Waals surface area contributed by atoms with Gasteiger partial charge in [-0.05, 0) is 37.1 Å². The summed E-state index contributed by atoms with van der Waals surface area (Å²) in [4.78, 5) is 26.0. The van der Waals surface area contributed by atoms with Crippen molar-refractivity contribution in [1.29, 1.82) is 5.26 Å². The van der Waals surface area contributed by atoms with Gasteiger partial charge in [-0.25, -0.2) is 0 Å². The fourth-order valence-corrected chi connectivity index (χ4v) is 2.64. The molecule has 128 valence electrons. The summed E-state index contributed by atoms with van der Waals surface area (Å²) in [6.07, 6.45) is 1.80. The van der Waals surface area contributed by atoms with Crippen LogP contribution in [-0.4, -0.2) is 42.4 Å². The third-order valence-corrected chi connectivity index (χ3v) is 4.10. The van der Waals surface area contributed by atoms with Crippen LogP contribution in [0.5, 0.6) is 0 Å². The molecule has 0 radical (unpaired) electrons. The highest BCUT2D eigenvalue weighted by molar-refractivity contribution is 5.81. The van der Waals surface area contributed by atoms with Gasteiger partial charge in [-0.1, -0.05) is 13.8 Å². The molecule has 1 aromatic carbocycles. The maximum Gasteiger partial charge on any atom is 0.241 e. The summed E-state index contributed by atoms with van der Waals surface area (Å²) < 4.78 is 0. The van der Waals surface area contributed by atoms with E-state index >= 15 is 0 Å². The number of piperidine rings is 1. The molecule has 2 amide bonds. The highest BCUT2D eigenvalue weighted by Crippen LogP contribution is 2.12. The summed E-state index contributed by atoms with van der Waals surface area (Å²) >= 11 is 0. The minimum Gasteiger partial charge on any atom is -0.376 e. The standard InChI is InChI=1S/C18H24N4O2/c1-13(2)18(24)21-16-4-3-9-22(12-16)17(23)11-20-15-7-5-14(10-19)6-8-15/h5-8,13,16,20H,3-4,9,11-12H2,1-2H3,(H,21,24)/t16-/m1/s1. The Balaban J connectivity index is 1.82. The predicted molar refractivity (Wildman–Crippen MR) is 92.2 cm³/mol. The van der Waals surface area contributed by atoms with Gasteiger partial charge in [0, 0.05) is 30.7 Å². The lowest BCUT2D eigenvalue weighted by Gasteiger charge is -2.33. The van der Waals surface area contributed by atoms with Crippen molar-refractivity contribution in [3.8, 4) is 6.07 Å². The topological polar surface area (TPSA) is 85.2 Å². The summed E-state index contributed by atoms with van der Waals surface area (Å²) in [7, 11) is 0. The number of benzene rings is 1. The first-order valence-corrected chi connectivity index (χ1v) is 8.31. The van der Waals surface area contributed by atoms with Gasteiger partial charge in [0.25, 0.3) is 0 Å². The van der Waals surface area contributed by atoms with Crippen LogP contribution in [0.1, 0.15) is 32.3 Å². The zero-order valence-corrected chi connectivity index (χ0v) is 14.2. The van der Waals surface area contributed by atoms with Crippen LogP contribution in [0.15, 0.2) is 24.3 Å². The number of hydrogen-bond acceptors (Lipinski definition) is 4. The van der Waals surface area contributed by atoms with Crippen molar-refractivity contribution < 1.29 is 9.59 Å². The molecule has 1 aliphatic rings. The number of carbonyl (C=O) groups excluding carboxylic acids is 2. The van der Waals surface area contributed by atoms with Gasteiger partial charge in [0.15, 0.2) is 0 Å². The zero-order valence-electron chi connectivity index (χ0n) is 14.2. The molecule has 0 spiro atoms. The van der Waals surface area contributed by atoms with Gasteiger partial charge in [0.2, 0.25) is 11.8 Å². The van der Waals surface area contributed by atoms with Gasteiger partial charge in [0.05, 0.1) is 18.2 Å². The van der Waals surface area contributed by atoms with E-state index in [1.807, 2.05) is 13.8 Å². The van der Waals surface area contributed by atoms with E-state index in [2.05, 4.69) is 16.7 Å². The maximum absolute atomic E-state index is 12.4. The van der Waals surface area contributed by atoms with Crippen LogP contribution in [0, 0.1) is 17.2 Å². The van der Waals surface area contributed by atoms with Crippen molar-refractivity contribution in [2.45, 2.75) is 32.7 Å². The van der Waals surface area contributed by atoms with E-state index in [1.54, 1.807) is 29.2 Å². The first-order chi connectivity index (χ1) is 11.5. The van der Waals surface area contributed by atoms with Gasteiger partial charge in [0.1, 0.15) is 0 Å². The molecule has 1 aliphatic heterocycles. The molecule has 1 fully saturated rings. The lowest BCUT2D eigenvalue weighted by Crippen LogP contribution is -2.51. The number of hydrogen-bond donors (Lipinski definition) is 2. The first kappa shape index (κ1) is 17.8. The molecular formula is C18H24N4O2. The number of rotatable bonds is 5. The van der Waals surface area contributed by atoms with E-state index in [9.17, 15) is 9.59 Å². The van der Waals surface area contributed by atoms with Crippen molar-refractivity contribution >= 4 is 17.5 Å². The van der Waals surface area contributed by atoms with Gasteiger partial charge < -0.3 is 15.5 Å². The molecule has 6 heteroatoms. The quantitative estimate of drug-likeness (QED) is 0.862. The first-order valence-electron chi connectivity index (χ1n) is 8.31.